The Labute approximate surface area is 145 Å². The van der Waals surface area contributed by atoms with Crippen LogP contribution in [-0.2, 0) is 0 Å². The molecule has 0 spiro atoms. The lowest BCUT2D eigenvalue weighted by atomic mass is 10.1. The van der Waals surface area contributed by atoms with Crippen LogP contribution in [0.2, 0.25) is 0 Å². The molecule has 0 bridgehead atoms. The second kappa shape index (κ2) is 8.70. The lowest BCUT2D eigenvalue weighted by Gasteiger charge is -2.12. The van der Waals surface area contributed by atoms with Crippen molar-refractivity contribution in [3.8, 4) is 11.5 Å². The van der Waals surface area contributed by atoms with Gasteiger partial charge in [0.15, 0.2) is 11.5 Å². The monoisotopic (exact) mass is 344 g/mol. The third-order valence-electron chi connectivity index (χ3n) is 3.46. The predicted molar refractivity (Wildman–Crippen MR) is 93.4 cm³/mol. The van der Waals surface area contributed by atoms with Crippen molar-refractivity contribution in [2.45, 2.75) is 0 Å². The summed E-state index contributed by atoms with van der Waals surface area (Å²) in [4.78, 5) is 24.6. The summed E-state index contributed by atoms with van der Waals surface area (Å²) in [7, 11) is 3.00. The summed E-state index contributed by atoms with van der Waals surface area (Å²) in [6.45, 7) is -0.0251. The summed E-state index contributed by atoms with van der Waals surface area (Å²) < 4.78 is 10.3. The molecule has 0 aliphatic heterocycles. The maximum Gasteiger partial charge on any atom is 0.255 e. The SMILES string of the molecule is COc1ccc(C(=O)Nc2ccccc2C(=O)NCCO)cc1OC. The normalized spacial score (nSPS) is 10.0. The average Bonchev–Trinajstić information content (AvgIpc) is 2.65. The molecule has 2 rings (SSSR count). The highest BCUT2D eigenvalue weighted by atomic mass is 16.5. The highest BCUT2D eigenvalue weighted by Gasteiger charge is 2.15. The zero-order valence-corrected chi connectivity index (χ0v) is 14.0. The molecule has 2 aromatic carbocycles. The summed E-state index contributed by atoms with van der Waals surface area (Å²) >= 11 is 0. The maximum atomic E-state index is 12.5. The molecular formula is C18H20N2O5. The molecule has 7 heteroatoms. The van der Waals surface area contributed by atoms with E-state index in [2.05, 4.69) is 10.6 Å². The number of para-hydroxylation sites is 1. The van der Waals surface area contributed by atoms with Crippen LogP contribution >= 0.6 is 0 Å². The van der Waals surface area contributed by atoms with E-state index >= 15 is 0 Å². The van der Waals surface area contributed by atoms with Gasteiger partial charge in [-0.25, -0.2) is 0 Å². The van der Waals surface area contributed by atoms with Gasteiger partial charge in [0, 0.05) is 12.1 Å². The Morgan fingerprint density at radius 2 is 1.72 bits per heavy atom. The van der Waals surface area contributed by atoms with Crippen molar-refractivity contribution >= 4 is 17.5 Å². The van der Waals surface area contributed by atoms with Gasteiger partial charge in [-0.15, -0.1) is 0 Å². The minimum atomic E-state index is -0.386. The summed E-state index contributed by atoms with van der Waals surface area (Å²) in [5.41, 5.74) is 1.05. The molecule has 0 saturated carbocycles. The standard InChI is InChI=1S/C18H20N2O5/c1-24-15-8-7-12(11-16(15)25-2)17(22)20-14-6-4-3-5-13(14)18(23)19-9-10-21/h3-8,11,21H,9-10H2,1-2H3,(H,19,23)(H,20,22). The quantitative estimate of drug-likeness (QED) is 0.710. The van der Waals surface area contributed by atoms with Crippen LogP contribution in [0.4, 0.5) is 5.69 Å². The first-order valence-corrected chi connectivity index (χ1v) is 7.62. The van der Waals surface area contributed by atoms with E-state index < -0.39 is 0 Å². The number of carbonyl (C=O) groups is 2. The Morgan fingerprint density at radius 1 is 1.00 bits per heavy atom. The second-order valence-electron chi connectivity index (χ2n) is 5.05. The van der Waals surface area contributed by atoms with Crippen LogP contribution in [0, 0.1) is 0 Å². The zero-order chi connectivity index (χ0) is 18.2. The number of rotatable bonds is 7. The number of methoxy groups -OCH3 is 2. The van der Waals surface area contributed by atoms with Crippen molar-refractivity contribution in [2.75, 3.05) is 32.7 Å². The number of hydrogen-bond donors (Lipinski definition) is 3. The van der Waals surface area contributed by atoms with Crippen molar-refractivity contribution < 1.29 is 24.2 Å². The summed E-state index contributed by atoms with van der Waals surface area (Å²) in [6.07, 6.45) is 0. The lowest BCUT2D eigenvalue weighted by molar-refractivity contribution is 0.0945. The van der Waals surface area contributed by atoms with Gasteiger partial charge in [0.05, 0.1) is 32.1 Å². The topological polar surface area (TPSA) is 96.9 Å². The molecule has 2 aromatic rings. The number of anilines is 1. The van der Waals surface area contributed by atoms with Crippen molar-refractivity contribution in [1.29, 1.82) is 0 Å². The van der Waals surface area contributed by atoms with Crippen LogP contribution in [0.25, 0.3) is 0 Å². The average molecular weight is 344 g/mol. The highest BCUT2D eigenvalue weighted by molar-refractivity contribution is 6.09. The van der Waals surface area contributed by atoms with Crippen LogP contribution in [0.5, 0.6) is 11.5 Å². The molecule has 3 N–H and O–H groups in total. The van der Waals surface area contributed by atoms with Crippen LogP contribution in [0.3, 0.4) is 0 Å². The van der Waals surface area contributed by atoms with Crippen LogP contribution in [-0.4, -0.2) is 44.3 Å². The lowest BCUT2D eigenvalue weighted by Crippen LogP contribution is -2.27. The van der Waals surface area contributed by atoms with Gasteiger partial charge in [0.2, 0.25) is 0 Å². The number of amides is 2. The van der Waals surface area contributed by atoms with Gasteiger partial charge >= 0.3 is 0 Å². The molecule has 132 valence electrons. The maximum absolute atomic E-state index is 12.5. The number of ether oxygens (including phenoxy) is 2. The molecule has 0 fully saturated rings. The van der Waals surface area contributed by atoms with Gasteiger partial charge in [0.25, 0.3) is 11.8 Å². The number of nitrogens with one attached hydrogen (secondary N) is 2. The summed E-state index contributed by atoms with van der Waals surface area (Å²) in [5.74, 6) is 0.188. The summed E-state index contributed by atoms with van der Waals surface area (Å²) in [5, 5.41) is 14.1. The van der Waals surface area contributed by atoms with Gasteiger partial charge in [-0.3, -0.25) is 9.59 Å². The van der Waals surface area contributed by atoms with E-state index in [1.807, 2.05) is 0 Å². The Kier molecular flexibility index (Phi) is 6.36. The van der Waals surface area contributed by atoms with Gasteiger partial charge < -0.3 is 25.2 Å². The van der Waals surface area contributed by atoms with Crippen LogP contribution in [0.15, 0.2) is 42.5 Å². The van der Waals surface area contributed by atoms with E-state index in [1.165, 1.54) is 14.2 Å². The van der Waals surface area contributed by atoms with Crippen molar-refractivity contribution in [2.24, 2.45) is 0 Å². The Morgan fingerprint density at radius 3 is 2.40 bits per heavy atom. The van der Waals surface area contributed by atoms with Crippen molar-refractivity contribution in [3.05, 3.63) is 53.6 Å². The van der Waals surface area contributed by atoms with Crippen LogP contribution < -0.4 is 20.1 Å². The van der Waals surface area contributed by atoms with E-state index in [-0.39, 0.29) is 25.0 Å². The minimum Gasteiger partial charge on any atom is -0.493 e. The van der Waals surface area contributed by atoms with E-state index in [9.17, 15) is 9.59 Å². The van der Waals surface area contributed by atoms with E-state index in [0.717, 1.165) is 0 Å². The van der Waals surface area contributed by atoms with Crippen molar-refractivity contribution in [1.82, 2.24) is 5.32 Å². The molecule has 25 heavy (non-hydrogen) atoms. The smallest absolute Gasteiger partial charge is 0.255 e. The molecule has 0 saturated heterocycles. The van der Waals surface area contributed by atoms with E-state index in [0.29, 0.717) is 28.3 Å². The largest absolute Gasteiger partial charge is 0.493 e. The van der Waals surface area contributed by atoms with E-state index in [4.69, 9.17) is 14.6 Å². The molecule has 0 unspecified atom stereocenters. The minimum absolute atomic E-state index is 0.136. The summed E-state index contributed by atoms with van der Waals surface area (Å²) in [6, 6.07) is 11.4. The molecular weight excluding hydrogens is 324 g/mol. The highest BCUT2D eigenvalue weighted by Crippen LogP contribution is 2.28. The second-order valence-corrected chi connectivity index (χ2v) is 5.05. The molecule has 7 nitrogen and oxygen atoms in total. The number of hydrogen-bond acceptors (Lipinski definition) is 5. The van der Waals surface area contributed by atoms with Gasteiger partial charge in [0.1, 0.15) is 0 Å². The third-order valence-corrected chi connectivity index (χ3v) is 3.46. The van der Waals surface area contributed by atoms with Crippen molar-refractivity contribution in [3.63, 3.8) is 0 Å². The number of aliphatic hydroxyl groups excluding tert-OH is 1. The van der Waals surface area contributed by atoms with E-state index in [1.54, 1.807) is 42.5 Å². The molecule has 2 amide bonds. The third kappa shape index (κ3) is 4.48. The number of aliphatic hydroxyl groups is 1. The molecule has 0 heterocycles. The Bertz CT molecular complexity index is 761. The molecule has 0 radical (unpaired) electrons. The van der Waals surface area contributed by atoms with Gasteiger partial charge in [-0.2, -0.15) is 0 Å². The fourth-order valence-electron chi connectivity index (χ4n) is 2.23. The molecule has 0 aliphatic carbocycles. The Balaban J connectivity index is 2.22. The number of benzene rings is 2. The molecule has 0 aliphatic rings. The first-order chi connectivity index (χ1) is 12.1. The first kappa shape index (κ1) is 18.3. The Hall–Kier alpha value is -3.06. The fraction of sp³-hybridized carbons (Fsp3) is 0.222. The zero-order valence-electron chi connectivity index (χ0n) is 14.0. The van der Waals surface area contributed by atoms with Gasteiger partial charge in [-0.1, -0.05) is 12.1 Å². The van der Waals surface area contributed by atoms with Crippen LogP contribution in [0.1, 0.15) is 20.7 Å². The molecule has 0 atom stereocenters. The molecule has 0 aromatic heterocycles. The number of carbonyl (C=O) groups excluding carboxylic acids is 2. The first-order valence-electron chi connectivity index (χ1n) is 7.62. The predicted octanol–water partition coefficient (Wildman–Crippen LogP) is 1.68. The van der Waals surface area contributed by atoms with Gasteiger partial charge in [-0.05, 0) is 30.3 Å². The fourth-order valence-corrected chi connectivity index (χ4v) is 2.23.